The maximum atomic E-state index is 12.2. The van der Waals surface area contributed by atoms with Gasteiger partial charge in [0.1, 0.15) is 6.04 Å². The van der Waals surface area contributed by atoms with Crippen LogP contribution in [0.15, 0.2) is 85.2 Å². The molecule has 9 nitrogen and oxygen atoms in total. The van der Waals surface area contributed by atoms with Crippen molar-refractivity contribution >= 4 is 51.9 Å². The molecule has 198 valence electrons. The Morgan fingerprint density at radius 2 is 1.92 bits per heavy atom. The number of benzene rings is 2. The summed E-state index contributed by atoms with van der Waals surface area (Å²) in [7, 11) is 0. The topological polar surface area (TPSA) is 105 Å². The van der Waals surface area contributed by atoms with Gasteiger partial charge in [0.15, 0.2) is 5.11 Å². The van der Waals surface area contributed by atoms with E-state index in [-0.39, 0.29) is 29.6 Å². The highest BCUT2D eigenvalue weighted by atomic mass is 35.5. The number of nitrogens with zero attached hydrogens (tertiary/aromatic N) is 4. The number of nitro benzene ring substituents is 1. The van der Waals surface area contributed by atoms with E-state index in [1.165, 1.54) is 12.1 Å². The predicted octanol–water partition coefficient (Wildman–Crippen LogP) is 6.21. The summed E-state index contributed by atoms with van der Waals surface area (Å²) in [5, 5.41) is 18.6. The summed E-state index contributed by atoms with van der Waals surface area (Å²) < 4.78 is 1.91. The van der Waals surface area contributed by atoms with Crippen LogP contribution in [0.1, 0.15) is 37.3 Å². The SMILES string of the molecule is CC(C)C(=O)Nc1ccc(N2C(=S)N[C@H](c3ccccn3)[C@H]2c2cccn2-c2cccc([N+](=O)[O-])c2)cc1Cl. The lowest BCUT2D eigenvalue weighted by molar-refractivity contribution is -0.384. The number of halogens is 1. The maximum absolute atomic E-state index is 12.2. The Bertz CT molecular complexity index is 1560. The van der Waals surface area contributed by atoms with Gasteiger partial charge in [0.25, 0.3) is 5.69 Å². The summed E-state index contributed by atoms with van der Waals surface area (Å²) in [6.45, 7) is 3.62. The van der Waals surface area contributed by atoms with E-state index in [1.807, 2.05) is 72.0 Å². The first-order valence-corrected chi connectivity index (χ1v) is 13.1. The number of amides is 1. The number of hydrogen-bond donors (Lipinski definition) is 2. The first-order chi connectivity index (χ1) is 18.7. The second-order valence-corrected chi connectivity index (χ2v) is 10.2. The van der Waals surface area contributed by atoms with E-state index < -0.39 is 4.92 Å². The molecule has 0 aliphatic carbocycles. The van der Waals surface area contributed by atoms with Gasteiger partial charge in [-0.2, -0.15) is 0 Å². The highest BCUT2D eigenvalue weighted by Crippen LogP contribution is 2.43. The largest absolute Gasteiger partial charge is 0.351 e. The number of pyridine rings is 1. The number of carbonyl (C=O) groups is 1. The molecule has 3 heterocycles. The van der Waals surface area contributed by atoms with Crippen LogP contribution < -0.4 is 15.5 Å². The normalized spacial score (nSPS) is 16.8. The molecule has 1 fully saturated rings. The van der Waals surface area contributed by atoms with E-state index >= 15 is 0 Å². The summed E-state index contributed by atoms with van der Waals surface area (Å²) in [5.74, 6) is -0.327. The zero-order valence-electron chi connectivity index (χ0n) is 21.1. The van der Waals surface area contributed by atoms with Crippen LogP contribution in [-0.4, -0.2) is 25.5 Å². The van der Waals surface area contributed by atoms with Crippen LogP contribution in [0.5, 0.6) is 0 Å². The van der Waals surface area contributed by atoms with Crippen LogP contribution in [-0.2, 0) is 4.79 Å². The molecule has 0 unspecified atom stereocenters. The molecule has 1 aliphatic heterocycles. The minimum Gasteiger partial charge on any atom is -0.351 e. The third kappa shape index (κ3) is 5.21. The van der Waals surface area contributed by atoms with Gasteiger partial charge in [-0.1, -0.05) is 37.6 Å². The summed E-state index contributed by atoms with van der Waals surface area (Å²) >= 11 is 12.4. The van der Waals surface area contributed by atoms with Crippen LogP contribution >= 0.6 is 23.8 Å². The molecule has 2 aromatic carbocycles. The first kappa shape index (κ1) is 26.3. The van der Waals surface area contributed by atoms with Crippen LogP contribution in [0.2, 0.25) is 5.02 Å². The van der Waals surface area contributed by atoms with Crippen LogP contribution in [0.25, 0.3) is 5.69 Å². The Hall–Kier alpha value is -4.28. The van der Waals surface area contributed by atoms with Gasteiger partial charge in [-0.05, 0) is 60.7 Å². The average Bonchev–Trinajstić information content (AvgIpc) is 3.54. The molecule has 2 N–H and O–H groups in total. The monoisotopic (exact) mass is 560 g/mol. The number of nitrogens with one attached hydrogen (secondary N) is 2. The van der Waals surface area contributed by atoms with Gasteiger partial charge in [-0.15, -0.1) is 0 Å². The molecule has 2 atom stereocenters. The molecule has 1 aliphatic rings. The fraction of sp³-hybridized carbons (Fsp3) is 0.179. The smallest absolute Gasteiger partial charge is 0.271 e. The minimum absolute atomic E-state index is 0.00355. The number of nitro groups is 1. The summed E-state index contributed by atoms with van der Waals surface area (Å²) in [6, 6.07) is 20.7. The fourth-order valence-corrected chi connectivity index (χ4v) is 5.16. The summed E-state index contributed by atoms with van der Waals surface area (Å²) in [5.41, 5.74) is 3.49. The van der Waals surface area contributed by atoms with Crippen LogP contribution in [0.4, 0.5) is 17.1 Å². The van der Waals surface area contributed by atoms with Gasteiger partial charge in [0.2, 0.25) is 5.91 Å². The Balaban J connectivity index is 1.61. The zero-order valence-corrected chi connectivity index (χ0v) is 22.7. The van der Waals surface area contributed by atoms with Gasteiger partial charge < -0.3 is 20.1 Å². The lowest BCUT2D eigenvalue weighted by Gasteiger charge is -2.29. The van der Waals surface area contributed by atoms with Crippen molar-refractivity contribution in [3.63, 3.8) is 0 Å². The number of anilines is 2. The van der Waals surface area contributed by atoms with Crippen LogP contribution in [0.3, 0.4) is 0 Å². The standard InChI is InChI=1S/C28H25ClN6O3S/c1-17(2)27(36)31-22-12-11-19(16-21(22)29)34-26(25(32-28(34)39)23-9-3-4-13-30-23)24-10-6-14-33(24)18-7-5-8-20(15-18)35(37)38/h3-17,25-26H,1-2H3,(H,31,36)(H,32,39)/t25-,26-/m1/s1. The first-order valence-electron chi connectivity index (χ1n) is 12.3. The molecule has 1 amide bonds. The molecule has 39 heavy (non-hydrogen) atoms. The number of rotatable bonds is 7. The number of non-ortho nitro benzene ring substituents is 1. The molecule has 0 spiro atoms. The summed E-state index contributed by atoms with van der Waals surface area (Å²) in [6.07, 6.45) is 3.59. The van der Waals surface area contributed by atoms with Crippen molar-refractivity contribution < 1.29 is 9.72 Å². The van der Waals surface area contributed by atoms with Crippen molar-refractivity contribution in [2.24, 2.45) is 5.92 Å². The molecular weight excluding hydrogens is 536 g/mol. The summed E-state index contributed by atoms with van der Waals surface area (Å²) in [4.78, 5) is 29.8. The molecule has 0 saturated carbocycles. The van der Waals surface area contributed by atoms with Gasteiger partial charge in [0.05, 0.1) is 33.1 Å². The second-order valence-electron chi connectivity index (χ2n) is 9.38. The highest BCUT2D eigenvalue weighted by Gasteiger charge is 2.42. The van der Waals surface area contributed by atoms with Crippen LogP contribution in [0, 0.1) is 16.0 Å². The molecule has 5 rings (SSSR count). The number of carbonyl (C=O) groups excluding carboxylic acids is 1. The van der Waals surface area contributed by atoms with Crippen molar-refractivity contribution in [3.8, 4) is 5.69 Å². The number of hydrogen-bond acceptors (Lipinski definition) is 5. The van der Waals surface area contributed by atoms with Gasteiger partial charge in [0, 0.05) is 41.8 Å². The molecule has 1 saturated heterocycles. The molecule has 11 heteroatoms. The van der Waals surface area contributed by atoms with E-state index in [9.17, 15) is 14.9 Å². The van der Waals surface area contributed by atoms with Gasteiger partial charge in [-0.25, -0.2) is 0 Å². The van der Waals surface area contributed by atoms with Crippen molar-refractivity contribution in [1.29, 1.82) is 0 Å². The van der Waals surface area contributed by atoms with Crippen molar-refractivity contribution in [2.75, 3.05) is 10.2 Å². The third-order valence-electron chi connectivity index (χ3n) is 6.51. The predicted molar refractivity (Wildman–Crippen MR) is 155 cm³/mol. The second kappa shape index (κ2) is 10.8. The van der Waals surface area contributed by atoms with E-state index in [0.29, 0.717) is 21.5 Å². The van der Waals surface area contributed by atoms with Gasteiger partial charge in [-0.3, -0.25) is 19.9 Å². The number of thiocarbonyl (C=S) groups is 1. The Morgan fingerprint density at radius 1 is 1.10 bits per heavy atom. The lowest BCUT2D eigenvalue weighted by Crippen LogP contribution is -2.30. The maximum Gasteiger partial charge on any atom is 0.271 e. The highest BCUT2D eigenvalue weighted by molar-refractivity contribution is 7.80. The molecule has 2 aromatic heterocycles. The Kier molecular flexibility index (Phi) is 7.32. The fourth-order valence-electron chi connectivity index (χ4n) is 4.59. The lowest BCUT2D eigenvalue weighted by atomic mass is 10.0. The van der Waals surface area contributed by atoms with Crippen molar-refractivity contribution in [3.05, 3.63) is 112 Å². The Labute approximate surface area is 235 Å². The molecule has 4 aromatic rings. The van der Waals surface area contributed by atoms with Crippen molar-refractivity contribution in [1.82, 2.24) is 14.9 Å². The zero-order chi connectivity index (χ0) is 27.7. The quantitative estimate of drug-likeness (QED) is 0.157. The molecule has 0 radical (unpaired) electrons. The average molecular weight is 561 g/mol. The number of aromatic nitrogens is 2. The third-order valence-corrected chi connectivity index (χ3v) is 7.14. The molecule has 0 bridgehead atoms. The van der Waals surface area contributed by atoms with E-state index in [1.54, 1.807) is 24.4 Å². The minimum atomic E-state index is -0.413. The van der Waals surface area contributed by atoms with E-state index in [0.717, 1.165) is 17.1 Å². The van der Waals surface area contributed by atoms with E-state index in [4.69, 9.17) is 23.8 Å². The Morgan fingerprint density at radius 3 is 2.62 bits per heavy atom. The molecular formula is C28H25ClN6O3S. The van der Waals surface area contributed by atoms with Gasteiger partial charge >= 0.3 is 0 Å². The van der Waals surface area contributed by atoms with Crippen molar-refractivity contribution in [2.45, 2.75) is 25.9 Å². The van der Waals surface area contributed by atoms with E-state index in [2.05, 4.69) is 15.6 Å².